The molecule has 0 saturated carbocycles. The summed E-state index contributed by atoms with van der Waals surface area (Å²) in [5, 5.41) is 12.2. The maximum atomic E-state index is 12.5. The third-order valence-corrected chi connectivity index (χ3v) is 7.76. The lowest BCUT2D eigenvalue weighted by molar-refractivity contribution is -0.141. The molecule has 1 amide bonds. The first-order valence-electron chi connectivity index (χ1n) is 11.0. The van der Waals surface area contributed by atoms with E-state index in [9.17, 15) is 19.5 Å². The standard InChI is InChI=1S/C26H33NO4S2/c1-17(15-33-25(31)20-9-7-6-8-10-20)23(28)27-22(24(29)30)16-32-18(2)19-11-13-21(14-12-19)26(3,4)5/h6-14,17-18,22H,15-16H2,1-5H3,(H,27,28)(H,29,30)/t17-,18?,22+/m1/s1. The Balaban J connectivity index is 1.87. The topological polar surface area (TPSA) is 83.5 Å². The lowest BCUT2D eigenvalue weighted by Gasteiger charge is -2.21. The van der Waals surface area contributed by atoms with Crippen molar-refractivity contribution in [2.75, 3.05) is 11.5 Å². The van der Waals surface area contributed by atoms with Crippen molar-refractivity contribution in [2.24, 2.45) is 5.92 Å². The number of rotatable bonds is 10. The van der Waals surface area contributed by atoms with Crippen LogP contribution in [0.5, 0.6) is 0 Å². The number of hydrogen-bond donors (Lipinski definition) is 2. The Labute approximate surface area is 205 Å². The fourth-order valence-corrected chi connectivity index (χ4v) is 4.93. The van der Waals surface area contributed by atoms with Gasteiger partial charge in [-0.15, -0.1) is 0 Å². The molecule has 33 heavy (non-hydrogen) atoms. The van der Waals surface area contributed by atoms with Gasteiger partial charge in [0.15, 0.2) is 0 Å². The number of carboxylic acid groups (broad SMARTS) is 1. The van der Waals surface area contributed by atoms with Gasteiger partial charge in [-0.2, -0.15) is 11.8 Å². The van der Waals surface area contributed by atoms with Gasteiger partial charge in [0.2, 0.25) is 11.0 Å². The van der Waals surface area contributed by atoms with Gasteiger partial charge in [0.25, 0.3) is 0 Å². The van der Waals surface area contributed by atoms with E-state index in [2.05, 4.69) is 50.4 Å². The number of hydrogen-bond acceptors (Lipinski definition) is 5. The lowest BCUT2D eigenvalue weighted by Crippen LogP contribution is -2.45. The van der Waals surface area contributed by atoms with E-state index in [4.69, 9.17) is 0 Å². The van der Waals surface area contributed by atoms with Gasteiger partial charge in [-0.1, -0.05) is 94.1 Å². The third-order valence-electron chi connectivity index (χ3n) is 5.30. The molecule has 2 aromatic rings. The minimum atomic E-state index is -1.06. The van der Waals surface area contributed by atoms with Crippen LogP contribution in [0.4, 0.5) is 0 Å². The highest BCUT2D eigenvalue weighted by atomic mass is 32.2. The zero-order valence-electron chi connectivity index (χ0n) is 19.8. The van der Waals surface area contributed by atoms with Gasteiger partial charge in [-0.05, 0) is 23.5 Å². The van der Waals surface area contributed by atoms with Crippen LogP contribution in [0.2, 0.25) is 0 Å². The highest BCUT2D eigenvalue weighted by Gasteiger charge is 2.25. The average molecular weight is 488 g/mol. The van der Waals surface area contributed by atoms with Crippen molar-refractivity contribution in [2.45, 2.75) is 51.3 Å². The van der Waals surface area contributed by atoms with Crippen LogP contribution in [0.1, 0.15) is 61.4 Å². The summed E-state index contributed by atoms with van der Waals surface area (Å²) in [4.78, 5) is 36.5. The Morgan fingerprint density at radius 1 is 0.939 bits per heavy atom. The molecule has 2 N–H and O–H groups in total. The Bertz CT molecular complexity index is 939. The van der Waals surface area contributed by atoms with Crippen LogP contribution in [-0.2, 0) is 15.0 Å². The molecule has 1 unspecified atom stereocenters. The van der Waals surface area contributed by atoms with Crippen LogP contribution in [0.15, 0.2) is 54.6 Å². The Hall–Kier alpha value is -2.25. The molecule has 3 atom stereocenters. The molecule has 0 saturated heterocycles. The molecule has 0 aliphatic heterocycles. The smallest absolute Gasteiger partial charge is 0.327 e. The summed E-state index contributed by atoms with van der Waals surface area (Å²) in [5.41, 5.74) is 3.03. The van der Waals surface area contributed by atoms with Gasteiger partial charge in [-0.25, -0.2) is 4.79 Å². The first-order chi connectivity index (χ1) is 15.5. The molecule has 5 nitrogen and oxygen atoms in total. The van der Waals surface area contributed by atoms with E-state index in [-0.39, 0.29) is 33.2 Å². The molecular formula is C26H33NO4S2. The van der Waals surface area contributed by atoms with E-state index in [1.54, 1.807) is 31.2 Å². The average Bonchev–Trinajstić information content (AvgIpc) is 2.79. The van der Waals surface area contributed by atoms with Crippen molar-refractivity contribution >= 4 is 40.5 Å². The first-order valence-corrected chi connectivity index (χ1v) is 13.0. The summed E-state index contributed by atoms with van der Waals surface area (Å²) in [6.45, 7) is 10.2. The van der Waals surface area contributed by atoms with E-state index in [1.165, 1.54) is 17.3 Å². The molecule has 2 aromatic carbocycles. The van der Waals surface area contributed by atoms with Gasteiger partial charge in [0.05, 0.1) is 0 Å². The third kappa shape index (κ3) is 8.55. The van der Waals surface area contributed by atoms with Crippen LogP contribution in [0.25, 0.3) is 0 Å². The minimum Gasteiger partial charge on any atom is -0.480 e. The van der Waals surface area contributed by atoms with Crippen LogP contribution < -0.4 is 5.32 Å². The molecule has 0 bridgehead atoms. The molecule has 0 spiro atoms. The molecule has 0 heterocycles. The number of carbonyl (C=O) groups is 3. The van der Waals surface area contributed by atoms with E-state index >= 15 is 0 Å². The van der Waals surface area contributed by atoms with Crippen LogP contribution >= 0.6 is 23.5 Å². The molecule has 0 aliphatic rings. The molecule has 178 valence electrons. The lowest BCUT2D eigenvalue weighted by atomic mass is 9.86. The summed E-state index contributed by atoms with van der Waals surface area (Å²) in [5.74, 6) is -1.37. The van der Waals surface area contributed by atoms with Crippen molar-refractivity contribution in [3.05, 3.63) is 71.3 Å². The summed E-state index contributed by atoms with van der Waals surface area (Å²) in [6.07, 6.45) is 0. The van der Waals surface area contributed by atoms with Crippen molar-refractivity contribution in [3.8, 4) is 0 Å². The monoisotopic (exact) mass is 487 g/mol. The van der Waals surface area contributed by atoms with E-state index in [1.807, 2.05) is 13.0 Å². The van der Waals surface area contributed by atoms with Gasteiger partial charge in [0, 0.05) is 28.2 Å². The summed E-state index contributed by atoms with van der Waals surface area (Å²) >= 11 is 2.56. The van der Waals surface area contributed by atoms with Gasteiger partial charge < -0.3 is 10.4 Å². The quantitative estimate of drug-likeness (QED) is 0.457. The Kier molecular flexibility index (Phi) is 10.0. The van der Waals surface area contributed by atoms with E-state index in [0.29, 0.717) is 5.56 Å². The molecule has 7 heteroatoms. The minimum absolute atomic E-state index is 0.0777. The highest BCUT2D eigenvalue weighted by Crippen LogP contribution is 2.31. The molecule has 0 radical (unpaired) electrons. The Morgan fingerprint density at radius 3 is 2.09 bits per heavy atom. The number of thioether (sulfide) groups is 2. The van der Waals surface area contributed by atoms with Crippen LogP contribution in [0, 0.1) is 5.92 Å². The largest absolute Gasteiger partial charge is 0.480 e. The zero-order chi connectivity index (χ0) is 24.6. The molecular weight excluding hydrogens is 454 g/mol. The summed E-state index contributed by atoms with van der Waals surface area (Å²) < 4.78 is 0. The zero-order valence-corrected chi connectivity index (χ0v) is 21.5. The van der Waals surface area contributed by atoms with Gasteiger partial charge in [-0.3, -0.25) is 9.59 Å². The maximum absolute atomic E-state index is 12.5. The van der Waals surface area contributed by atoms with E-state index < -0.39 is 17.9 Å². The van der Waals surface area contributed by atoms with Crippen molar-refractivity contribution < 1.29 is 19.5 Å². The second kappa shape index (κ2) is 12.3. The molecule has 0 aromatic heterocycles. The van der Waals surface area contributed by atoms with Crippen molar-refractivity contribution in [3.63, 3.8) is 0 Å². The fourth-order valence-electron chi connectivity index (χ4n) is 3.01. The normalized spacial score (nSPS) is 14.2. The van der Waals surface area contributed by atoms with Gasteiger partial charge in [0.1, 0.15) is 6.04 Å². The first kappa shape index (κ1) is 27.0. The number of benzene rings is 2. The van der Waals surface area contributed by atoms with Crippen LogP contribution in [-0.4, -0.2) is 39.6 Å². The number of carbonyl (C=O) groups excluding carboxylic acids is 2. The Morgan fingerprint density at radius 2 is 1.55 bits per heavy atom. The predicted octanol–water partition coefficient (Wildman–Crippen LogP) is 5.56. The van der Waals surface area contributed by atoms with E-state index in [0.717, 1.165) is 17.3 Å². The number of carboxylic acids is 1. The second-order valence-corrected chi connectivity index (χ2v) is 11.5. The maximum Gasteiger partial charge on any atom is 0.327 e. The van der Waals surface area contributed by atoms with Gasteiger partial charge >= 0.3 is 5.97 Å². The number of nitrogens with one attached hydrogen (secondary N) is 1. The highest BCUT2D eigenvalue weighted by molar-refractivity contribution is 8.14. The van der Waals surface area contributed by atoms with Crippen LogP contribution in [0.3, 0.4) is 0 Å². The second-order valence-electron chi connectivity index (χ2n) is 9.11. The number of amides is 1. The molecule has 0 aliphatic carbocycles. The predicted molar refractivity (Wildman–Crippen MR) is 138 cm³/mol. The SMILES string of the molecule is CC(SC[C@H](NC(=O)[C@H](C)CSC(=O)c1ccccc1)C(=O)O)c1ccc(C(C)(C)C)cc1. The summed E-state index contributed by atoms with van der Waals surface area (Å²) in [7, 11) is 0. The number of aliphatic carboxylic acids is 1. The van der Waals surface area contributed by atoms with Crippen molar-refractivity contribution in [1.82, 2.24) is 5.32 Å². The molecule has 0 fully saturated rings. The molecule has 2 rings (SSSR count). The van der Waals surface area contributed by atoms with Crippen molar-refractivity contribution in [1.29, 1.82) is 0 Å². The fraction of sp³-hybridized carbons (Fsp3) is 0.423. The summed E-state index contributed by atoms with van der Waals surface area (Å²) in [6, 6.07) is 16.3.